The van der Waals surface area contributed by atoms with E-state index in [1.807, 2.05) is 0 Å². The van der Waals surface area contributed by atoms with Crippen molar-refractivity contribution in [3.8, 4) is 11.5 Å². The molecule has 0 aliphatic heterocycles. The van der Waals surface area contributed by atoms with E-state index in [-0.39, 0.29) is 0 Å². The van der Waals surface area contributed by atoms with Gasteiger partial charge in [-0.05, 0) is 71.4 Å². The van der Waals surface area contributed by atoms with Crippen LogP contribution in [0.5, 0.6) is 11.5 Å². The molecule has 0 spiro atoms. The SMILES string of the molecule is CCCCCC(C)C(C)c1cc(OCc2ccccc2)c(C2=C(CBr)CCC(CCC)C2)c(OCc2ccccc2)c1. The van der Waals surface area contributed by atoms with Crippen molar-refractivity contribution >= 4 is 21.5 Å². The topological polar surface area (TPSA) is 18.5 Å². The predicted octanol–water partition coefficient (Wildman–Crippen LogP) is 11.9. The van der Waals surface area contributed by atoms with Gasteiger partial charge in [0, 0.05) is 5.33 Å². The highest BCUT2D eigenvalue weighted by molar-refractivity contribution is 9.09. The van der Waals surface area contributed by atoms with Gasteiger partial charge in [0.2, 0.25) is 0 Å². The molecule has 1 aliphatic rings. The summed E-state index contributed by atoms with van der Waals surface area (Å²) in [6.45, 7) is 10.5. The Kier molecular flexibility index (Phi) is 13.1. The zero-order chi connectivity index (χ0) is 29.7. The molecule has 0 radical (unpaired) electrons. The van der Waals surface area contributed by atoms with E-state index in [0.717, 1.165) is 29.7 Å². The molecule has 0 aromatic heterocycles. The van der Waals surface area contributed by atoms with Crippen LogP contribution in [0, 0.1) is 11.8 Å². The normalized spacial score (nSPS) is 16.7. The maximum absolute atomic E-state index is 6.80. The zero-order valence-electron chi connectivity index (χ0n) is 26.3. The number of allylic oxidation sites excluding steroid dienone is 2. The van der Waals surface area contributed by atoms with Crippen LogP contribution in [-0.4, -0.2) is 5.33 Å². The highest BCUT2D eigenvalue weighted by Gasteiger charge is 2.28. The lowest BCUT2D eigenvalue weighted by Gasteiger charge is -2.30. The van der Waals surface area contributed by atoms with Crippen molar-refractivity contribution in [2.24, 2.45) is 11.8 Å². The second-order valence-electron chi connectivity index (χ2n) is 12.3. The monoisotopic (exact) mass is 630 g/mol. The van der Waals surface area contributed by atoms with Crippen LogP contribution in [0.2, 0.25) is 0 Å². The first kappa shape index (κ1) is 32.4. The highest BCUT2D eigenvalue weighted by Crippen LogP contribution is 2.47. The number of ether oxygens (including phenoxy) is 2. The average Bonchev–Trinajstić information content (AvgIpc) is 3.03. The average molecular weight is 632 g/mol. The third-order valence-electron chi connectivity index (χ3n) is 9.14. The van der Waals surface area contributed by atoms with Crippen molar-refractivity contribution in [1.82, 2.24) is 0 Å². The van der Waals surface area contributed by atoms with Gasteiger partial charge in [-0.2, -0.15) is 0 Å². The second kappa shape index (κ2) is 16.9. The lowest BCUT2D eigenvalue weighted by molar-refractivity contribution is 0.286. The minimum Gasteiger partial charge on any atom is -0.488 e. The van der Waals surface area contributed by atoms with Gasteiger partial charge >= 0.3 is 0 Å². The van der Waals surface area contributed by atoms with Gasteiger partial charge in [0.05, 0.1) is 5.56 Å². The molecule has 0 amide bonds. The molecule has 0 saturated heterocycles. The molecule has 3 aromatic rings. The van der Waals surface area contributed by atoms with E-state index in [4.69, 9.17) is 9.47 Å². The van der Waals surface area contributed by atoms with Crippen molar-refractivity contribution < 1.29 is 9.47 Å². The molecule has 3 heteroatoms. The van der Waals surface area contributed by atoms with Crippen LogP contribution in [0.3, 0.4) is 0 Å². The standard InChI is InChI=1S/C39H51BrO2/c1-5-7-10-16-29(3)30(4)35-24-37(41-27-32-17-11-8-12-18-32)39(36-23-31(15-6-2)21-22-34(36)26-40)38(25-35)42-28-33-19-13-9-14-20-33/h8-9,11-14,17-20,24-25,29-31H,5-7,10,15-16,21-23,26-28H2,1-4H3. The molecule has 3 atom stereocenters. The molecule has 4 rings (SSSR count). The summed E-state index contributed by atoms with van der Waals surface area (Å²) in [5.41, 5.74) is 7.78. The van der Waals surface area contributed by atoms with Crippen LogP contribution in [0.25, 0.3) is 5.57 Å². The molecule has 0 saturated carbocycles. The number of hydrogen-bond acceptors (Lipinski definition) is 2. The summed E-state index contributed by atoms with van der Waals surface area (Å²) in [5.74, 6) is 3.65. The van der Waals surface area contributed by atoms with Crippen LogP contribution < -0.4 is 9.47 Å². The molecule has 0 heterocycles. The van der Waals surface area contributed by atoms with Crippen LogP contribution >= 0.6 is 15.9 Å². The Hall–Kier alpha value is -2.52. The van der Waals surface area contributed by atoms with E-state index in [0.29, 0.717) is 31.0 Å². The molecular weight excluding hydrogens is 580 g/mol. The van der Waals surface area contributed by atoms with Gasteiger partial charge in [-0.15, -0.1) is 0 Å². The van der Waals surface area contributed by atoms with Gasteiger partial charge < -0.3 is 9.47 Å². The zero-order valence-corrected chi connectivity index (χ0v) is 27.9. The third-order valence-corrected chi connectivity index (χ3v) is 9.82. The summed E-state index contributed by atoms with van der Waals surface area (Å²) in [5, 5.41) is 0.893. The first-order valence-corrected chi connectivity index (χ1v) is 17.4. The highest BCUT2D eigenvalue weighted by atomic mass is 79.9. The Morgan fingerprint density at radius 1 is 0.810 bits per heavy atom. The lowest BCUT2D eigenvalue weighted by atomic mass is 9.78. The summed E-state index contributed by atoms with van der Waals surface area (Å²) >= 11 is 3.86. The van der Waals surface area contributed by atoms with E-state index in [1.165, 1.54) is 78.3 Å². The van der Waals surface area contributed by atoms with E-state index >= 15 is 0 Å². The Morgan fingerprint density at radius 3 is 1.93 bits per heavy atom. The Balaban J connectivity index is 1.80. The molecule has 2 nitrogen and oxygen atoms in total. The van der Waals surface area contributed by atoms with Gasteiger partial charge in [0.25, 0.3) is 0 Å². The van der Waals surface area contributed by atoms with Crippen molar-refractivity contribution in [3.05, 3.63) is 101 Å². The molecule has 3 unspecified atom stereocenters. The number of benzene rings is 3. The molecule has 3 aromatic carbocycles. The quantitative estimate of drug-likeness (QED) is 0.116. The Morgan fingerprint density at radius 2 is 1.40 bits per heavy atom. The number of hydrogen-bond donors (Lipinski definition) is 0. The molecule has 1 aliphatic carbocycles. The Labute approximate surface area is 264 Å². The van der Waals surface area contributed by atoms with E-state index < -0.39 is 0 Å². The van der Waals surface area contributed by atoms with Crippen LogP contribution in [-0.2, 0) is 13.2 Å². The van der Waals surface area contributed by atoms with E-state index in [9.17, 15) is 0 Å². The molecular formula is C39H51BrO2. The first-order chi connectivity index (χ1) is 20.5. The summed E-state index contributed by atoms with van der Waals surface area (Å²) in [7, 11) is 0. The van der Waals surface area contributed by atoms with Crippen molar-refractivity contribution in [1.29, 1.82) is 0 Å². The third kappa shape index (κ3) is 8.99. The van der Waals surface area contributed by atoms with Crippen molar-refractivity contribution in [2.75, 3.05) is 5.33 Å². The van der Waals surface area contributed by atoms with Crippen molar-refractivity contribution in [2.45, 2.75) is 105 Å². The largest absolute Gasteiger partial charge is 0.488 e. The molecule has 0 N–H and O–H groups in total. The summed E-state index contributed by atoms with van der Waals surface area (Å²) in [4.78, 5) is 0. The second-order valence-corrected chi connectivity index (χ2v) is 12.9. The number of unbranched alkanes of at least 4 members (excludes halogenated alkanes) is 2. The van der Waals surface area contributed by atoms with Gasteiger partial charge in [-0.25, -0.2) is 0 Å². The van der Waals surface area contributed by atoms with Crippen LogP contribution in [0.4, 0.5) is 0 Å². The van der Waals surface area contributed by atoms with Crippen LogP contribution in [0.1, 0.15) is 114 Å². The number of alkyl halides is 1. The molecule has 0 fully saturated rings. The minimum absolute atomic E-state index is 0.415. The fourth-order valence-electron chi connectivity index (χ4n) is 6.31. The van der Waals surface area contributed by atoms with Crippen molar-refractivity contribution in [3.63, 3.8) is 0 Å². The summed E-state index contributed by atoms with van der Waals surface area (Å²) < 4.78 is 13.6. The molecule has 0 bridgehead atoms. The fraction of sp³-hybridized carbons (Fsp3) is 0.487. The summed E-state index contributed by atoms with van der Waals surface area (Å²) in [6.07, 6.45) is 11.1. The van der Waals surface area contributed by atoms with Crippen LogP contribution in [0.15, 0.2) is 78.4 Å². The smallest absolute Gasteiger partial charge is 0.131 e. The van der Waals surface area contributed by atoms with E-state index in [2.05, 4.69) is 116 Å². The van der Waals surface area contributed by atoms with Gasteiger partial charge in [-0.3, -0.25) is 0 Å². The molecule has 226 valence electrons. The fourth-order valence-corrected chi connectivity index (χ4v) is 6.93. The first-order valence-electron chi connectivity index (χ1n) is 16.3. The van der Waals surface area contributed by atoms with Gasteiger partial charge in [0.15, 0.2) is 0 Å². The lowest BCUT2D eigenvalue weighted by Crippen LogP contribution is -2.14. The van der Waals surface area contributed by atoms with Gasteiger partial charge in [-0.1, -0.05) is 148 Å². The summed E-state index contributed by atoms with van der Waals surface area (Å²) in [6, 6.07) is 25.8. The van der Waals surface area contributed by atoms with Gasteiger partial charge in [0.1, 0.15) is 24.7 Å². The minimum atomic E-state index is 0.415. The van der Waals surface area contributed by atoms with E-state index in [1.54, 1.807) is 0 Å². The number of halogens is 1. The Bertz CT molecular complexity index is 1190. The number of rotatable bonds is 16. The molecule has 42 heavy (non-hydrogen) atoms. The maximum Gasteiger partial charge on any atom is 0.131 e. The predicted molar refractivity (Wildman–Crippen MR) is 183 cm³/mol. The maximum atomic E-state index is 6.80.